The summed E-state index contributed by atoms with van der Waals surface area (Å²) in [6.07, 6.45) is 1.42. The topological polar surface area (TPSA) is 172 Å². The van der Waals surface area contributed by atoms with Crippen molar-refractivity contribution in [1.82, 2.24) is 29.5 Å². The molecule has 0 aliphatic carbocycles. The first kappa shape index (κ1) is 26.1. The van der Waals surface area contributed by atoms with Crippen molar-refractivity contribution in [2.24, 2.45) is 0 Å². The normalized spacial score (nSPS) is 11.0. The number of carbonyl (C=O) groups is 1. The molecule has 0 spiro atoms. The molecular weight excluding hydrogens is 520 g/mol. The van der Waals surface area contributed by atoms with E-state index in [-0.39, 0.29) is 39.9 Å². The molecule has 0 atom stereocenters. The number of aromatic amines is 1. The number of fused-ring (bicyclic) bond motifs is 1. The highest BCUT2D eigenvalue weighted by Crippen LogP contribution is 2.35. The summed E-state index contributed by atoms with van der Waals surface area (Å²) in [4.78, 5) is 44.5. The molecule has 0 fully saturated rings. The molecule has 1 amide bonds. The van der Waals surface area contributed by atoms with E-state index < -0.39 is 22.1 Å². The van der Waals surface area contributed by atoms with E-state index in [4.69, 9.17) is 9.47 Å². The molecule has 0 bridgehead atoms. The number of aryl methyl sites for hydroxylation is 3. The van der Waals surface area contributed by atoms with Gasteiger partial charge in [-0.2, -0.15) is 19.9 Å². The molecule has 3 aromatic heterocycles. The molecule has 5 rings (SSSR count). The minimum Gasteiger partial charge on any atom is -0.493 e. The first-order valence-electron chi connectivity index (χ1n) is 12.0. The highest BCUT2D eigenvalue weighted by atomic mass is 16.6. The van der Waals surface area contributed by atoms with Crippen LogP contribution in [-0.4, -0.2) is 54.6 Å². The molecule has 204 valence electrons. The number of rotatable bonds is 7. The number of nitrogens with one attached hydrogen (secondary N) is 2. The van der Waals surface area contributed by atoms with Gasteiger partial charge in [-0.25, -0.2) is 4.68 Å². The maximum atomic E-state index is 13.3. The fourth-order valence-electron chi connectivity index (χ4n) is 4.19. The summed E-state index contributed by atoms with van der Waals surface area (Å²) in [6.45, 7) is 5.65. The van der Waals surface area contributed by atoms with Crippen molar-refractivity contribution < 1.29 is 19.2 Å². The predicted octanol–water partition coefficient (Wildman–Crippen LogP) is 3.40. The second-order valence-corrected chi connectivity index (χ2v) is 8.97. The summed E-state index contributed by atoms with van der Waals surface area (Å²) in [6, 6.07) is 9.62. The minimum atomic E-state index is -0.808. The highest BCUT2D eigenvalue weighted by molar-refractivity contribution is 6.07. The second kappa shape index (κ2) is 9.98. The number of aromatic nitrogens is 6. The van der Waals surface area contributed by atoms with E-state index in [1.807, 2.05) is 32.0 Å². The van der Waals surface area contributed by atoms with Gasteiger partial charge < -0.3 is 14.8 Å². The van der Waals surface area contributed by atoms with E-state index >= 15 is 0 Å². The predicted molar refractivity (Wildman–Crippen MR) is 145 cm³/mol. The third-order valence-electron chi connectivity index (χ3n) is 6.38. The van der Waals surface area contributed by atoms with E-state index in [9.17, 15) is 19.7 Å². The lowest BCUT2D eigenvalue weighted by atomic mass is 10.1. The first-order valence-corrected chi connectivity index (χ1v) is 12.0. The van der Waals surface area contributed by atoms with Gasteiger partial charge in [0.25, 0.3) is 17.2 Å². The molecule has 14 heteroatoms. The summed E-state index contributed by atoms with van der Waals surface area (Å²) in [5, 5.41) is 23.3. The number of anilines is 1. The number of nitrogens with zero attached hydrogens (tertiary/aromatic N) is 6. The average Bonchev–Trinajstić information content (AvgIpc) is 3.52. The molecule has 3 heterocycles. The standard InChI is InChI=1S/C26H24N8O6/c1-13-6-7-16(8-14(13)2)32-23-18(12-27-32)25(36)30-26(29-23)33-22(9-15(3)31-33)28-24(35)17-10-20(39-4)21(40-5)11-19(17)34(37)38/h6-12H,1-5H3,(H,28,35)(H,29,30,36). The van der Waals surface area contributed by atoms with Gasteiger partial charge in [0.05, 0.1) is 42.8 Å². The summed E-state index contributed by atoms with van der Waals surface area (Å²) in [5.74, 6) is -0.446. The van der Waals surface area contributed by atoms with Gasteiger partial charge in [0.1, 0.15) is 16.8 Å². The zero-order valence-electron chi connectivity index (χ0n) is 22.2. The molecule has 0 unspecified atom stereocenters. The Morgan fingerprint density at radius 3 is 2.42 bits per heavy atom. The largest absolute Gasteiger partial charge is 0.493 e. The van der Waals surface area contributed by atoms with Gasteiger partial charge in [-0.05, 0) is 44.0 Å². The quantitative estimate of drug-likeness (QED) is 0.230. The van der Waals surface area contributed by atoms with E-state index in [1.165, 1.54) is 37.2 Å². The van der Waals surface area contributed by atoms with Crippen LogP contribution in [0.3, 0.4) is 0 Å². The van der Waals surface area contributed by atoms with Gasteiger partial charge in [0, 0.05) is 12.1 Å². The van der Waals surface area contributed by atoms with Gasteiger partial charge in [-0.1, -0.05) is 6.07 Å². The third-order valence-corrected chi connectivity index (χ3v) is 6.38. The van der Waals surface area contributed by atoms with Crippen molar-refractivity contribution in [1.29, 1.82) is 0 Å². The van der Waals surface area contributed by atoms with Crippen LogP contribution in [0.5, 0.6) is 11.5 Å². The number of amides is 1. The first-order chi connectivity index (χ1) is 19.1. The van der Waals surface area contributed by atoms with Gasteiger partial charge in [0.2, 0.25) is 5.95 Å². The Labute approximate surface area is 226 Å². The van der Waals surface area contributed by atoms with Crippen LogP contribution in [-0.2, 0) is 0 Å². The van der Waals surface area contributed by atoms with Crippen LogP contribution < -0.4 is 20.3 Å². The summed E-state index contributed by atoms with van der Waals surface area (Å²) in [7, 11) is 2.68. The van der Waals surface area contributed by atoms with Gasteiger partial charge in [0.15, 0.2) is 17.1 Å². The lowest BCUT2D eigenvalue weighted by Crippen LogP contribution is -2.20. The van der Waals surface area contributed by atoms with Crippen molar-refractivity contribution in [2.45, 2.75) is 20.8 Å². The highest BCUT2D eigenvalue weighted by Gasteiger charge is 2.26. The van der Waals surface area contributed by atoms with Crippen LogP contribution >= 0.6 is 0 Å². The summed E-state index contributed by atoms with van der Waals surface area (Å²) >= 11 is 0. The molecule has 0 aliphatic rings. The van der Waals surface area contributed by atoms with Crippen LogP contribution in [0.15, 0.2) is 47.4 Å². The molecule has 2 N–H and O–H groups in total. The van der Waals surface area contributed by atoms with E-state index in [1.54, 1.807) is 11.6 Å². The molecule has 0 aliphatic heterocycles. The van der Waals surface area contributed by atoms with Gasteiger partial charge in [-0.15, -0.1) is 0 Å². The van der Waals surface area contributed by atoms with Crippen molar-refractivity contribution in [2.75, 3.05) is 19.5 Å². The number of nitro groups is 1. The monoisotopic (exact) mass is 544 g/mol. The third kappa shape index (κ3) is 4.51. The minimum absolute atomic E-state index is 0.00768. The lowest BCUT2D eigenvalue weighted by Gasteiger charge is -2.12. The Hall–Kier alpha value is -5.53. The zero-order chi connectivity index (χ0) is 28.7. The second-order valence-electron chi connectivity index (χ2n) is 8.97. The van der Waals surface area contributed by atoms with Gasteiger partial charge >= 0.3 is 0 Å². The molecule has 14 nitrogen and oxygen atoms in total. The van der Waals surface area contributed by atoms with Crippen molar-refractivity contribution >= 4 is 28.4 Å². The summed E-state index contributed by atoms with van der Waals surface area (Å²) in [5.41, 5.74) is 2.42. The zero-order valence-corrected chi connectivity index (χ0v) is 22.2. The SMILES string of the molecule is COc1cc(C(=O)Nc2cc(C)nn2-c2nc3c(cnn3-c3ccc(C)c(C)c3)c(=O)[nH]2)c([N+](=O)[O-])cc1OC. The lowest BCUT2D eigenvalue weighted by molar-refractivity contribution is -0.385. The number of nitro benzene ring substituents is 1. The van der Waals surface area contributed by atoms with Gasteiger partial charge in [-0.3, -0.25) is 24.7 Å². The molecule has 0 saturated carbocycles. The molecule has 40 heavy (non-hydrogen) atoms. The smallest absolute Gasteiger partial charge is 0.286 e. The molecule has 0 radical (unpaired) electrons. The molecule has 2 aromatic carbocycles. The van der Waals surface area contributed by atoms with Crippen LogP contribution in [0.2, 0.25) is 0 Å². The Kier molecular flexibility index (Phi) is 6.51. The van der Waals surface area contributed by atoms with Crippen molar-refractivity contribution in [3.8, 4) is 23.1 Å². The van der Waals surface area contributed by atoms with Crippen molar-refractivity contribution in [3.63, 3.8) is 0 Å². The van der Waals surface area contributed by atoms with Crippen molar-refractivity contribution in [3.05, 3.63) is 85.4 Å². The van der Waals surface area contributed by atoms with E-state index in [0.717, 1.165) is 17.2 Å². The number of ether oxygens (including phenoxy) is 2. The fourth-order valence-corrected chi connectivity index (χ4v) is 4.19. The number of benzene rings is 2. The molecule has 5 aromatic rings. The van der Waals surface area contributed by atoms with Crippen LogP contribution in [0, 0.1) is 30.9 Å². The fraction of sp³-hybridized carbons (Fsp3) is 0.192. The Bertz CT molecular complexity index is 1870. The molecular formula is C26H24N8O6. The number of H-pyrrole nitrogens is 1. The maximum Gasteiger partial charge on any atom is 0.286 e. The number of methoxy groups -OCH3 is 2. The maximum absolute atomic E-state index is 13.3. The van der Waals surface area contributed by atoms with E-state index in [0.29, 0.717) is 11.4 Å². The van der Waals surface area contributed by atoms with Crippen LogP contribution in [0.25, 0.3) is 22.7 Å². The Balaban J connectivity index is 1.59. The average molecular weight is 545 g/mol. The summed E-state index contributed by atoms with van der Waals surface area (Å²) < 4.78 is 13.1. The van der Waals surface area contributed by atoms with Crippen LogP contribution in [0.1, 0.15) is 27.2 Å². The van der Waals surface area contributed by atoms with E-state index in [2.05, 4.69) is 25.5 Å². The Morgan fingerprint density at radius 1 is 1.02 bits per heavy atom. The number of carbonyl (C=O) groups excluding carboxylic acids is 1. The number of hydrogen-bond donors (Lipinski definition) is 2. The number of hydrogen-bond acceptors (Lipinski definition) is 9. The Morgan fingerprint density at radius 2 is 1.75 bits per heavy atom. The molecule has 0 saturated heterocycles. The van der Waals surface area contributed by atoms with Crippen LogP contribution in [0.4, 0.5) is 11.5 Å².